The zero-order chi connectivity index (χ0) is 14.6. The van der Waals surface area contributed by atoms with Gasteiger partial charge in [-0.1, -0.05) is 42.5 Å². The largest absolute Gasteiger partial charge is 0.508 e. The first-order valence-electron chi connectivity index (χ1n) is 6.77. The van der Waals surface area contributed by atoms with Crippen molar-refractivity contribution in [3.8, 4) is 11.5 Å². The Morgan fingerprint density at radius 3 is 2.45 bits per heavy atom. The highest BCUT2D eigenvalue weighted by molar-refractivity contribution is 5.32. The maximum absolute atomic E-state index is 9.12. The van der Waals surface area contributed by atoms with Crippen LogP contribution < -0.4 is 4.74 Å². The third-order valence-corrected chi connectivity index (χ3v) is 2.63. The van der Waals surface area contributed by atoms with Gasteiger partial charge in [-0.25, -0.2) is 0 Å². The Bertz CT molecular complexity index is 487. The molecule has 1 aromatic carbocycles. The van der Waals surface area contributed by atoms with Crippen LogP contribution in [0.4, 0.5) is 0 Å². The molecule has 0 aromatic heterocycles. The van der Waals surface area contributed by atoms with Gasteiger partial charge >= 0.3 is 0 Å². The van der Waals surface area contributed by atoms with Crippen molar-refractivity contribution in [3.05, 3.63) is 72.4 Å². The van der Waals surface area contributed by atoms with Gasteiger partial charge in [0.25, 0.3) is 0 Å². The molecular weight excluding hydrogens is 248 g/mol. The van der Waals surface area contributed by atoms with Crippen molar-refractivity contribution >= 4 is 0 Å². The first-order valence-corrected chi connectivity index (χ1v) is 6.77. The van der Waals surface area contributed by atoms with E-state index in [-0.39, 0.29) is 5.75 Å². The van der Waals surface area contributed by atoms with Crippen molar-refractivity contribution < 1.29 is 9.84 Å². The molecule has 0 spiro atoms. The molecule has 2 heteroatoms. The summed E-state index contributed by atoms with van der Waals surface area (Å²) >= 11 is 0. The number of phenolic OH excluding ortho intramolecular Hbond substituents is 1. The van der Waals surface area contributed by atoms with Crippen LogP contribution in [0.3, 0.4) is 0 Å². The van der Waals surface area contributed by atoms with E-state index in [0.717, 1.165) is 17.7 Å². The summed E-state index contributed by atoms with van der Waals surface area (Å²) < 4.78 is 5.59. The highest BCUT2D eigenvalue weighted by atomic mass is 16.5. The van der Waals surface area contributed by atoms with E-state index in [9.17, 15) is 0 Å². The van der Waals surface area contributed by atoms with E-state index in [4.69, 9.17) is 9.84 Å². The molecule has 0 saturated heterocycles. The van der Waals surface area contributed by atoms with E-state index in [2.05, 4.69) is 18.2 Å². The first kappa shape index (κ1) is 15.8. The minimum Gasteiger partial charge on any atom is -0.508 e. The minimum absolute atomic E-state index is 0.254. The zero-order valence-electron chi connectivity index (χ0n) is 12.1. The van der Waals surface area contributed by atoms with Gasteiger partial charge < -0.3 is 9.84 Å². The van der Waals surface area contributed by atoms with Crippen molar-refractivity contribution in [2.45, 2.75) is 20.3 Å². The van der Waals surface area contributed by atoms with E-state index >= 15 is 0 Å². The number of hydrogen-bond donors (Lipinski definition) is 1. The molecule has 0 fully saturated rings. The maximum atomic E-state index is 9.12. The quantitative estimate of drug-likeness (QED) is 0.800. The lowest BCUT2D eigenvalue weighted by molar-refractivity contribution is 0.354. The lowest BCUT2D eigenvalue weighted by Gasteiger charge is -2.06. The smallest absolute Gasteiger partial charge is 0.120 e. The summed E-state index contributed by atoms with van der Waals surface area (Å²) in [5.41, 5.74) is 1.14. The van der Waals surface area contributed by atoms with Gasteiger partial charge in [-0.2, -0.15) is 0 Å². The van der Waals surface area contributed by atoms with E-state index in [1.807, 2.05) is 38.2 Å². The molecular formula is C18H22O2. The Balaban J connectivity index is 0.000000444. The standard InChI is InChI=1S/C14H14O2.C4H8/c15-13-7-9-14(10-8-13)16-11-12-5-3-1-2-4-6-12;1-3-4-2/h1,3-10,15H,2,11H2;3-4H,1-2H3/b;4-3-. The molecule has 1 aromatic rings. The molecule has 1 aliphatic carbocycles. The Labute approximate surface area is 121 Å². The highest BCUT2D eigenvalue weighted by Crippen LogP contribution is 2.17. The average Bonchev–Trinajstić information content (AvgIpc) is 2.76. The number of ether oxygens (including phenoxy) is 1. The van der Waals surface area contributed by atoms with Crippen molar-refractivity contribution in [2.75, 3.05) is 6.61 Å². The van der Waals surface area contributed by atoms with E-state index < -0.39 is 0 Å². The van der Waals surface area contributed by atoms with Gasteiger partial charge in [0.1, 0.15) is 18.1 Å². The lowest BCUT2D eigenvalue weighted by Crippen LogP contribution is -1.98. The summed E-state index contributed by atoms with van der Waals surface area (Å²) in [6.45, 7) is 4.55. The second-order valence-electron chi connectivity index (χ2n) is 4.26. The molecule has 0 saturated carbocycles. The van der Waals surface area contributed by atoms with Crippen LogP contribution >= 0.6 is 0 Å². The molecule has 106 valence electrons. The fourth-order valence-corrected chi connectivity index (χ4v) is 1.43. The van der Waals surface area contributed by atoms with E-state index in [0.29, 0.717) is 6.61 Å². The molecule has 1 aliphatic rings. The van der Waals surface area contributed by atoms with Crippen molar-refractivity contribution in [3.63, 3.8) is 0 Å². The molecule has 0 radical (unpaired) electrons. The Morgan fingerprint density at radius 2 is 1.80 bits per heavy atom. The second-order valence-corrected chi connectivity index (χ2v) is 4.26. The van der Waals surface area contributed by atoms with Crippen LogP contribution in [0.15, 0.2) is 72.4 Å². The molecule has 20 heavy (non-hydrogen) atoms. The van der Waals surface area contributed by atoms with Crippen molar-refractivity contribution in [1.29, 1.82) is 0 Å². The summed E-state index contributed by atoms with van der Waals surface area (Å²) in [6, 6.07) is 6.75. The number of allylic oxidation sites excluding steroid dienone is 6. The first-order chi connectivity index (χ1) is 9.76. The van der Waals surface area contributed by atoms with Crippen molar-refractivity contribution in [1.82, 2.24) is 0 Å². The Hall–Kier alpha value is -2.22. The van der Waals surface area contributed by atoms with Crippen LogP contribution in [0, 0.1) is 0 Å². The summed E-state index contributed by atoms with van der Waals surface area (Å²) in [5.74, 6) is 1.02. The van der Waals surface area contributed by atoms with Gasteiger partial charge in [-0.05, 0) is 50.1 Å². The number of rotatable bonds is 3. The third-order valence-electron chi connectivity index (χ3n) is 2.63. The summed E-state index contributed by atoms with van der Waals surface area (Å²) in [6.07, 6.45) is 15.3. The predicted molar refractivity (Wildman–Crippen MR) is 85.1 cm³/mol. The zero-order valence-corrected chi connectivity index (χ0v) is 12.1. The molecule has 0 aliphatic heterocycles. The lowest BCUT2D eigenvalue weighted by atomic mass is 10.2. The van der Waals surface area contributed by atoms with Gasteiger partial charge in [0, 0.05) is 0 Å². The number of benzene rings is 1. The second kappa shape index (κ2) is 9.68. The third kappa shape index (κ3) is 6.64. The molecule has 2 rings (SSSR count). The molecule has 0 bridgehead atoms. The number of phenols is 1. The fraction of sp³-hybridized carbons (Fsp3) is 0.222. The van der Waals surface area contributed by atoms with Crippen molar-refractivity contribution in [2.24, 2.45) is 0 Å². The normalized spacial score (nSPS) is 13.4. The molecule has 2 nitrogen and oxygen atoms in total. The number of hydrogen-bond acceptors (Lipinski definition) is 2. The molecule has 0 heterocycles. The summed E-state index contributed by atoms with van der Waals surface area (Å²) in [5, 5.41) is 9.12. The average molecular weight is 270 g/mol. The van der Waals surface area contributed by atoms with Gasteiger partial charge in [0.15, 0.2) is 0 Å². The molecule has 0 atom stereocenters. The minimum atomic E-state index is 0.254. The van der Waals surface area contributed by atoms with Crippen LogP contribution in [0.25, 0.3) is 0 Å². The van der Waals surface area contributed by atoms with Gasteiger partial charge in [0.05, 0.1) is 0 Å². The van der Waals surface area contributed by atoms with Gasteiger partial charge in [0.2, 0.25) is 0 Å². The number of aromatic hydroxyl groups is 1. The Morgan fingerprint density at radius 1 is 1.10 bits per heavy atom. The summed E-state index contributed by atoms with van der Waals surface area (Å²) in [4.78, 5) is 0. The van der Waals surface area contributed by atoms with Crippen LogP contribution in [-0.4, -0.2) is 11.7 Å². The molecule has 0 amide bonds. The van der Waals surface area contributed by atoms with Crippen LogP contribution in [0.1, 0.15) is 20.3 Å². The van der Waals surface area contributed by atoms with Gasteiger partial charge in [-0.3, -0.25) is 0 Å². The highest BCUT2D eigenvalue weighted by Gasteiger charge is 1.97. The van der Waals surface area contributed by atoms with Gasteiger partial charge in [-0.15, -0.1) is 0 Å². The van der Waals surface area contributed by atoms with Crippen LogP contribution in [-0.2, 0) is 0 Å². The predicted octanol–water partition coefficient (Wildman–Crippen LogP) is 4.80. The monoisotopic (exact) mass is 270 g/mol. The van der Waals surface area contributed by atoms with E-state index in [1.165, 1.54) is 0 Å². The topological polar surface area (TPSA) is 29.5 Å². The molecule has 0 unspecified atom stereocenters. The molecule has 1 N–H and O–H groups in total. The fourth-order valence-electron chi connectivity index (χ4n) is 1.43. The Kier molecular flexibility index (Phi) is 7.66. The summed E-state index contributed by atoms with van der Waals surface area (Å²) in [7, 11) is 0. The van der Waals surface area contributed by atoms with Crippen LogP contribution in [0.5, 0.6) is 11.5 Å². The SMILES string of the molecule is C/C=C\C.Oc1ccc(OCC2=CC=CCC=C2)cc1. The maximum Gasteiger partial charge on any atom is 0.120 e. The van der Waals surface area contributed by atoms with Crippen LogP contribution in [0.2, 0.25) is 0 Å². The van der Waals surface area contributed by atoms with E-state index in [1.54, 1.807) is 24.3 Å².